The van der Waals surface area contributed by atoms with Crippen LogP contribution in [0.25, 0.3) is 0 Å². The molecule has 0 aromatic carbocycles. The van der Waals surface area contributed by atoms with E-state index in [0.717, 1.165) is 13.1 Å². The summed E-state index contributed by atoms with van der Waals surface area (Å²) < 4.78 is 5.42. The van der Waals surface area contributed by atoms with Gasteiger partial charge in [-0.05, 0) is 38.5 Å². The van der Waals surface area contributed by atoms with Gasteiger partial charge in [-0.15, -0.1) is 0 Å². The molecule has 1 aliphatic rings. The Morgan fingerprint density at radius 3 is 2.36 bits per heavy atom. The lowest BCUT2D eigenvalue weighted by molar-refractivity contribution is 0.0106. The van der Waals surface area contributed by atoms with E-state index in [9.17, 15) is 4.79 Å². The standard InChI is InChI=1S/C16H26N4O2/c1-16(2,3)22-15(21)20-10-8-19(9-11-20)14(12-17)13-4-6-18-7-5-13/h4-7,14H,8-12,17H2,1-3H3. The number of nitrogens with zero attached hydrogens (tertiary/aromatic N) is 3. The van der Waals surface area contributed by atoms with Gasteiger partial charge in [0.2, 0.25) is 0 Å². The maximum atomic E-state index is 12.1. The van der Waals surface area contributed by atoms with Gasteiger partial charge >= 0.3 is 6.09 Å². The van der Waals surface area contributed by atoms with Crippen LogP contribution in [0.3, 0.4) is 0 Å². The number of ether oxygens (including phenoxy) is 1. The fourth-order valence-corrected chi connectivity index (χ4v) is 2.62. The molecule has 2 rings (SSSR count). The van der Waals surface area contributed by atoms with Gasteiger partial charge in [0.05, 0.1) is 0 Å². The minimum Gasteiger partial charge on any atom is -0.444 e. The smallest absolute Gasteiger partial charge is 0.410 e. The fourth-order valence-electron chi connectivity index (χ4n) is 2.62. The van der Waals surface area contributed by atoms with Crippen molar-refractivity contribution in [2.45, 2.75) is 32.4 Å². The third kappa shape index (κ3) is 4.42. The molecule has 1 aromatic rings. The van der Waals surface area contributed by atoms with Crippen molar-refractivity contribution >= 4 is 6.09 Å². The molecule has 0 aliphatic carbocycles. The Labute approximate surface area is 132 Å². The van der Waals surface area contributed by atoms with E-state index in [1.807, 2.05) is 32.9 Å². The summed E-state index contributed by atoms with van der Waals surface area (Å²) in [6, 6.07) is 4.17. The van der Waals surface area contributed by atoms with Crippen LogP contribution in [0.4, 0.5) is 4.79 Å². The Morgan fingerprint density at radius 1 is 1.27 bits per heavy atom. The molecule has 1 unspecified atom stereocenters. The number of carbonyl (C=O) groups is 1. The number of carbonyl (C=O) groups excluding carboxylic acids is 1. The van der Waals surface area contributed by atoms with Gasteiger partial charge in [-0.25, -0.2) is 4.79 Å². The van der Waals surface area contributed by atoms with Crippen LogP contribution in [-0.4, -0.2) is 59.2 Å². The van der Waals surface area contributed by atoms with Crippen LogP contribution in [0.15, 0.2) is 24.5 Å². The van der Waals surface area contributed by atoms with Crippen LogP contribution in [0, 0.1) is 0 Å². The third-order valence-corrected chi connectivity index (χ3v) is 3.72. The zero-order valence-corrected chi connectivity index (χ0v) is 13.7. The second-order valence-electron chi connectivity index (χ2n) is 6.54. The maximum Gasteiger partial charge on any atom is 0.410 e. The van der Waals surface area contributed by atoms with Crippen molar-refractivity contribution in [2.24, 2.45) is 5.73 Å². The van der Waals surface area contributed by atoms with Crippen LogP contribution in [0.5, 0.6) is 0 Å². The molecule has 1 fully saturated rings. The monoisotopic (exact) mass is 306 g/mol. The van der Waals surface area contributed by atoms with Crippen LogP contribution < -0.4 is 5.73 Å². The second kappa shape index (κ2) is 7.07. The first-order chi connectivity index (χ1) is 10.4. The van der Waals surface area contributed by atoms with Crippen LogP contribution in [0.1, 0.15) is 32.4 Å². The molecule has 0 spiro atoms. The normalized spacial score (nSPS) is 18.1. The third-order valence-electron chi connectivity index (χ3n) is 3.72. The molecular weight excluding hydrogens is 280 g/mol. The van der Waals surface area contributed by atoms with E-state index in [1.165, 1.54) is 5.56 Å². The van der Waals surface area contributed by atoms with E-state index in [4.69, 9.17) is 10.5 Å². The van der Waals surface area contributed by atoms with Crippen LogP contribution >= 0.6 is 0 Å². The van der Waals surface area contributed by atoms with E-state index >= 15 is 0 Å². The summed E-state index contributed by atoms with van der Waals surface area (Å²) in [7, 11) is 0. The van der Waals surface area contributed by atoms with E-state index in [2.05, 4.69) is 9.88 Å². The molecule has 1 saturated heterocycles. The van der Waals surface area contributed by atoms with Crippen molar-refractivity contribution in [1.82, 2.24) is 14.8 Å². The van der Waals surface area contributed by atoms with Gasteiger partial charge in [-0.2, -0.15) is 0 Å². The zero-order chi connectivity index (χ0) is 16.2. The highest BCUT2D eigenvalue weighted by Gasteiger charge is 2.28. The summed E-state index contributed by atoms with van der Waals surface area (Å²) in [4.78, 5) is 20.2. The summed E-state index contributed by atoms with van der Waals surface area (Å²) in [5.41, 5.74) is 6.66. The Balaban J connectivity index is 1.92. The molecule has 1 atom stereocenters. The maximum absolute atomic E-state index is 12.1. The van der Waals surface area contributed by atoms with Gasteiger partial charge in [-0.3, -0.25) is 9.88 Å². The fraction of sp³-hybridized carbons (Fsp3) is 0.625. The van der Waals surface area contributed by atoms with Crippen molar-refractivity contribution in [1.29, 1.82) is 0 Å². The molecule has 2 heterocycles. The van der Waals surface area contributed by atoms with Gasteiger partial charge in [-0.1, -0.05) is 0 Å². The number of hydrogen-bond acceptors (Lipinski definition) is 5. The number of amides is 1. The Hall–Kier alpha value is -1.66. The van der Waals surface area contributed by atoms with Crippen molar-refractivity contribution in [2.75, 3.05) is 32.7 Å². The highest BCUT2D eigenvalue weighted by atomic mass is 16.6. The lowest BCUT2D eigenvalue weighted by atomic mass is 10.1. The molecule has 2 N–H and O–H groups in total. The van der Waals surface area contributed by atoms with Crippen LogP contribution in [0.2, 0.25) is 0 Å². The minimum absolute atomic E-state index is 0.170. The van der Waals surface area contributed by atoms with Gasteiger partial charge in [0.25, 0.3) is 0 Å². The Morgan fingerprint density at radius 2 is 1.86 bits per heavy atom. The molecule has 1 aromatic heterocycles. The van der Waals surface area contributed by atoms with Crippen molar-refractivity contribution in [3.63, 3.8) is 0 Å². The van der Waals surface area contributed by atoms with Crippen molar-refractivity contribution in [3.8, 4) is 0 Å². The van der Waals surface area contributed by atoms with Gasteiger partial charge < -0.3 is 15.4 Å². The highest BCUT2D eigenvalue weighted by molar-refractivity contribution is 5.68. The van der Waals surface area contributed by atoms with E-state index in [1.54, 1.807) is 17.3 Å². The summed E-state index contributed by atoms with van der Waals surface area (Å²) in [5.74, 6) is 0. The second-order valence-corrected chi connectivity index (χ2v) is 6.54. The molecule has 1 aliphatic heterocycles. The van der Waals surface area contributed by atoms with Crippen molar-refractivity contribution < 1.29 is 9.53 Å². The minimum atomic E-state index is -0.453. The molecule has 0 bridgehead atoms. The molecule has 1 amide bonds. The first-order valence-corrected chi connectivity index (χ1v) is 7.72. The zero-order valence-electron chi connectivity index (χ0n) is 13.7. The first kappa shape index (κ1) is 16.7. The lowest BCUT2D eigenvalue weighted by Gasteiger charge is -2.39. The van der Waals surface area contributed by atoms with E-state index in [0.29, 0.717) is 19.6 Å². The largest absolute Gasteiger partial charge is 0.444 e. The number of pyridine rings is 1. The van der Waals surface area contributed by atoms with Gasteiger partial charge in [0, 0.05) is 51.2 Å². The first-order valence-electron chi connectivity index (χ1n) is 7.72. The lowest BCUT2D eigenvalue weighted by Crippen LogP contribution is -2.51. The van der Waals surface area contributed by atoms with Gasteiger partial charge in [0.15, 0.2) is 0 Å². The number of piperazine rings is 1. The summed E-state index contributed by atoms with van der Waals surface area (Å²) in [6.45, 7) is 9.12. The Bertz CT molecular complexity index is 479. The van der Waals surface area contributed by atoms with Crippen molar-refractivity contribution in [3.05, 3.63) is 30.1 Å². The Kier molecular flexibility index (Phi) is 5.37. The predicted molar refractivity (Wildman–Crippen MR) is 85.4 cm³/mol. The number of nitrogens with two attached hydrogens (primary N) is 1. The number of hydrogen-bond donors (Lipinski definition) is 1. The summed E-state index contributed by atoms with van der Waals surface area (Å²) >= 11 is 0. The molecule has 0 radical (unpaired) electrons. The van der Waals surface area contributed by atoms with E-state index in [-0.39, 0.29) is 12.1 Å². The van der Waals surface area contributed by atoms with Crippen LogP contribution in [-0.2, 0) is 4.74 Å². The molecule has 122 valence electrons. The number of rotatable bonds is 3. The molecule has 22 heavy (non-hydrogen) atoms. The quantitative estimate of drug-likeness (QED) is 0.919. The highest BCUT2D eigenvalue weighted by Crippen LogP contribution is 2.21. The average molecular weight is 306 g/mol. The van der Waals surface area contributed by atoms with Gasteiger partial charge in [0.1, 0.15) is 5.60 Å². The molecule has 6 nitrogen and oxygen atoms in total. The SMILES string of the molecule is CC(C)(C)OC(=O)N1CCN(C(CN)c2ccncc2)CC1. The number of aromatic nitrogens is 1. The molecule has 0 saturated carbocycles. The summed E-state index contributed by atoms with van der Waals surface area (Å²) in [5, 5.41) is 0. The predicted octanol–water partition coefficient (Wildman–Crippen LogP) is 1.63. The molecule has 6 heteroatoms. The van der Waals surface area contributed by atoms with E-state index < -0.39 is 5.60 Å². The average Bonchev–Trinajstić information content (AvgIpc) is 2.48. The summed E-state index contributed by atoms with van der Waals surface area (Å²) in [6.07, 6.45) is 3.34. The molecular formula is C16H26N4O2. The topological polar surface area (TPSA) is 71.7 Å².